The first kappa shape index (κ1) is 23.0. The SMILES string of the molecule is CCCCOC(CO[N+](=O)OCC(OCC)OCCCC)OCC. The molecule has 0 saturated carbocycles. The molecule has 8 nitrogen and oxygen atoms in total. The Labute approximate surface area is 145 Å². The second-order valence-corrected chi connectivity index (χ2v) is 5.03. The van der Waals surface area contributed by atoms with Crippen LogP contribution in [0.15, 0.2) is 0 Å². The number of hydrogen-bond donors (Lipinski definition) is 0. The number of ether oxygens (including phenoxy) is 4. The fourth-order valence-electron chi connectivity index (χ4n) is 1.66. The van der Waals surface area contributed by atoms with Gasteiger partial charge in [0.15, 0.2) is 12.6 Å². The number of rotatable bonds is 18. The largest absolute Gasteiger partial charge is 0.477 e. The zero-order chi connectivity index (χ0) is 18.0. The van der Waals surface area contributed by atoms with E-state index in [4.69, 9.17) is 28.6 Å². The molecule has 24 heavy (non-hydrogen) atoms. The van der Waals surface area contributed by atoms with E-state index < -0.39 is 12.6 Å². The minimum absolute atomic E-state index is 0.0446. The summed E-state index contributed by atoms with van der Waals surface area (Å²) >= 11 is 0. The lowest BCUT2D eigenvalue weighted by atomic mass is 10.4. The zero-order valence-corrected chi connectivity index (χ0v) is 15.5. The quantitative estimate of drug-likeness (QED) is 0.213. The summed E-state index contributed by atoms with van der Waals surface area (Å²) in [5, 5.41) is 0.0460. The minimum Gasteiger partial charge on any atom is -0.349 e. The molecule has 0 aromatic rings. The van der Waals surface area contributed by atoms with Gasteiger partial charge in [-0.15, -0.1) is 0 Å². The molecule has 0 aromatic carbocycles. The fraction of sp³-hybridized carbons (Fsp3) is 1.00. The van der Waals surface area contributed by atoms with Gasteiger partial charge in [0.25, 0.3) is 0 Å². The highest BCUT2D eigenvalue weighted by Crippen LogP contribution is 2.02. The van der Waals surface area contributed by atoms with Crippen molar-refractivity contribution in [2.24, 2.45) is 0 Å². The molecule has 0 aromatic heterocycles. The van der Waals surface area contributed by atoms with Crippen molar-refractivity contribution in [3.8, 4) is 0 Å². The summed E-state index contributed by atoms with van der Waals surface area (Å²) in [5.74, 6) is 0. The molecule has 0 bridgehead atoms. The molecule has 0 saturated heterocycles. The van der Waals surface area contributed by atoms with Gasteiger partial charge in [-0.25, -0.2) is 0 Å². The summed E-state index contributed by atoms with van der Waals surface area (Å²) in [7, 11) is 0. The normalized spacial score (nSPS) is 13.5. The average Bonchev–Trinajstić information content (AvgIpc) is 2.58. The third kappa shape index (κ3) is 13.5. The van der Waals surface area contributed by atoms with Crippen LogP contribution in [0.2, 0.25) is 0 Å². The molecule has 0 heterocycles. The van der Waals surface area contributed by atoms with Crippen LogP contribution in [0, 0.1) is 4.91 Å². The Morgan fingerprint density at radius 3 is 1.46 bits per heavy atom. The van der Waals surface area contributed by atoms with Crippen molar-refractivity contribution in [3.63, 3.8) is 0 Å². The molecule has 0 aliphatic rings. The van der Waals surface area contributed by atoms with E-state index in [0.29, 0.717) is 26.4 Å². The van der Waals surface area contributed by atoms with E-state index in [-0.39, 0.29) is 18.3 Å². The molecule has 8 heteroatoms. The lowest BCUT2D eigenvalue weighted by molar-refractivity contribution is -0.983. The molecule has 2 atom stereocenters. The van der Waals surface area contributed by atoms with Crippen LogP contribution in [-0.2, 0) is 28.6 Å². The number of nitrogens with zero attached hydrogens (tertiary/aromatic N) is 1. The zero-order valence-electron chi connectivity index (χ0n) is 15.5. The number of unbranched alkanes of at least 4 members (excludes halogenated alkanes) is 2. The maximum atomic E-state index is 11.6. The van der Waals surface area contributed by atoms with Crippen LogP contribution in [0.3, 0.4) is 0 Å². The van der Waals surface area contributed by atoms with Crippen LogP contribution in [0.4, 0.5) is 0 Å². The first-order chi connectivity index (χ1) is 11.7. The van der Waals surface area contributed by atoms with Crippen LogP contribution in [0.1, 0.15) is 53.4 Å². The molecule has 0 aliphatic carbocycles. The first-order valence-electron chi connectivity index (χ1n) is 8.87. The van der Waals surface area contributed by atoms with Crippen molar-refractivity contribution < 1.29 is 33.7 Å². The van der Waals surface area contributed by atoms with Crippen molar-refractivity contribution in [3.05, 3.63) is 4.91 Å². The molecule has 0 spiro atoms. The van der Waals surface area contributed by atoms with Gasteiger partial charge in [-0.1, -0.05) is 26.7 Å². The van der Waals surface area contributed by atoms with Crippen LogP contribution < -0.4 is 0 Å². The van der Waals surface area contributed by atoms with Gasteiger partial charge in [0.1, 0.15) is 4.91 Å². The van der Waals surface area contributed by atoms with E-state index in [2.05, 4.69) is 13.8 Å². The molecule has 0 N–H and O–H groups in total. The Bertz CT molecular complexity index is 266. The molecular formula is C16H34NO7+. The standard InChI is InChI=1S/C16H34NO7/c1-5-9-11-21-15(19-7-3)13-23-17(18)24-14-16(20-8-4)22-12-10-6-2/h15-16H,5-14H2,1-4H3/q+1. The average molecular weight is 352 g/mol. The molecule has 0 aliphatic heterocycles. The van der Waals surface area contributed by atoms with Crippen molar-refractivity contribution in [1.29, 1.82) is 0 Å². The van der Waals surface area contributed by atoms with Gasteiger partial charge in [0.05, 0.1) is 0 Å². The molecule has 0 amide bonds. The molecule has 0 fully saturated rings. The van der Waals surface area contributed by atoms with Gasteiger partial charge >= 0.3 is 5.09 Å². The van der Waals surface area contributed by atoms with E-state index in [1.54, 1.807) is 0 Å². The topological polar surface area (TPSA) is 75.5 Å². The lowest BCUT2D eigenvalue weighted by Crippen LogP contribution is -2.30. The minimum atomic E-state index is -0.593. The highest BCUT2D eigenvalue weighted by atomic mass is 17.0. The van der Waals surface area contributed by atoms with Crippen LogP contribution in [-0.4, -0.2) is 57.3 Å². The van der Waals surface area contributed by atoms with Gasteiger partial charge in [0, 0.05) is 26.4 Å². The van der Waals surface area contributed by atoms with Crippen LogP contribution in [0.5, 0.6) is 0 Å². The van der Waals surface area contributed by atoms with Crippen molar-refractivity contribution in [2.45, 2.75) is 66.0 Å². The second kappa shape index (κ2) is 16.9. The van der Waals surface area contributed by atoms with E-state index >= 15 is 0 Å². The highest BCUT2D eigenvalue weighted by molar-refractivity contribution is 4.42. The van der Waals surface area contributed by atoms with E-state index in [1.165, 1.54) is 0 Å². The third-order valence-corrected chi connectivity index (χ3v) is 2.94. The maximum absolute atomic E-state index is 11.6. The smallest absolute Gasteiger partial charge is 0.349 e. The van der Waals surface area contributed by atoms with Gasteiger partial charge < -0.3 is 18.9 Å². The van der Waals surface area contributed by atoms with E-state index in [1.807, 2.05) is 13.8 Å². The summed E-state index contributed by atoms with van der Waals surface area (Å²) in [4.78, 5) is 21.4. The van der Waals surface area contributed by atoms with Gasteiger partial charge in [-0.2, -0.15) is 9.68 Å². The van der Waals surface area contributed by atoms with Gasteiger partial charge in [0.2, 0.25) is 13.2 Å². The summed E-state index contributed by atoms with van der Waals surface area (Å²) < 4.78 is 21.7. The predicted molar refractivity (Wildman–Crippen MR) is 88.1 cm³/mol. The summed E-state index contributed by atoms with van der Waals surface area (Å²) in [5.41, 5.74) is 0. The van der Waals surface area contributed by atoms with Crippen LogP contribution >= 0.6 is 0 Å². The van der Waals surface area contributed by atoms with Gasteiger partial charge in [-0.05, 0) is 26.7 Å². The monoisotopic (exact) mass is 352 g/mol. The van der Waals surface area contributed by atoms with Crippen molar-refractivity contribution in [2.75, 3.05) is 39.6 Å². The van der Waals surface area contributed by atoms with E-state index in [0.717, 1.165) is 25.7 Å². The summed E-state index contributed by atoms with van der Waals surface area (Å²) in [6.07, 6.45) is 2.70. The molecule has 144 valence electrons. The van der Waals surface area contributed by atoms with Crippen LogP contribution in [0.25, 0.3) is 0 Å². The molecule has 2 unspecified atom stereocenters. The number of hydrogen-bond acceptors (Lipinski definition) is 7. The highest BCUT2D eigenvalue weighted by Gasteiger charge is 2.22. The second-order valence-electron chi connectivity index (χ2n) is 5.03. The first-order valence-corrected chi connectivity index (χ1v) is 8.87. The Hall–Kier alpha value is -0.960. The Balaban J connectivity index is 4.00. The lowest BCUT2D eigenvalue weighted by Gasteiger charge is -2.15. The Morgan fingerprint density at radius 2 is 1.12 bits per heavy atom. The van der Waals surface area contributed by atoms with E-state index in [9.17, 15) is 4.91 Å². The Kier molecular flexibility index (Phi) is 16.2. The summed E-state index contributed by atoms with van der Waals surface area (Å²) in [6, 6.07) is 0. The molecular weight excluding hydrogens is 318 g/mol. The molecule has 0 rings (SSSR count). The fourth-order valence-corrected chi connectivity index (χ4v) is 1.66. The summed E-state index contributed by atoms with van der Waals surface area (Å²) in [6.45, 7) is 9.80. The maximum Gasteiger partial charge on any atom is 0.477 e. The van der Waals surface area contributed by atoms with Crippen molar-refractivity contribution in [1.82, 2.24) is 0 Å². The molecule has 0 radical (unpaired) electrons. The predicted octanol–water partition coefficient (Wildman–Crippen LogP) is 2.99. The third-order valence-electron chi connectivity index (χ3n) is 2.94. The van der Waals surface area contributed by atoms with Crippen molar-refractivity contribution >= 4 is 0 Å². The Morgan fingerprint density at radius 1 is 0.708 bits per heavy atom. The van der Waals surface area contributed by atoms with Gasteiger partial charge in [-0.3, -0.25) is 0 Å².